The number of piperidine rings is 1. The number of carbonyl (C=O) groups excluding carboxylic acids is 2. The zero-order chi connectivity index (χ0) is 14.0. The molecule has 5 nitrogen and oxygen atoms in total. The maximum atomic E-state index is 12.5. The monoisotopic (exact) mass is 286 g/mol. The molecule has 19 heavy (non-hydrogen) atoms. The van der Waals surface area contributed by atoms with Gasteiger partial charge >= 0.3 is 0 Å². The Bertz CT molecular complexity index is 399. The Morgan fingerprint density at radius 2 is 2.05 bits per heavy atom. The SMILES string of the molecule is CC(CN1CCC(=O)N2CCCCC2C1=O)S(C)=O. The van der Waals surface area contributed by atoms with E-state index >= 15 is 0 Å². The summed E-state index contributed by atoms with van der Waals surface area (Å²) in [6.45, 7) is 3.54. The second kappa shape index (κ2) is 6.03. The molecule has 2 aliphatic rings. The van der Waals surface area contributed by atoms with Crippen molar-refractivity contribution in [2.75, 3.05) is 25.9 Å². The predicted molar refractivity (Wildman–Crippen MR) is 74.1 cm³/mol. The van der Waals surface area contributed by atoms with Crippen molar-refractivity contribution in [3.63, 3.8) is 0 Å². The van der Waals surface area contributed by atoms with Gasteiger partial charge in [0.2, 0.25) is 11.8 Å². The molecule has 0 aromatic heterocycles. The molecule has 0 spiro atoms. The van der Waals surface area contributed by atoms with E-state index in [4.69, 9.17) is 0 Å². The Hall–Kier alpha value is -0.910. The van der Waals surface area contributed by atoms with Crippen molar-refractivity contribution in [1.29, 1.82) is 0 Å². The molecule has 2 rings (SSSR count). The van der Waals surface area contributed by atoms with Gasteiger partial charge in [-0.1, -0.05) is 0 Å². The molecule has 0 radical (unpaired) electrons. The molecule has 2 heterocycles. The number of hydrogen-bond donors (Lipinski definition) is 0. The van der Waals surface area contributed by atoms with E-state index in [9.17, 15) is 13.8 Å². The topological polar surface area (TPSA) is 57.7 Å². The van der Waals surface area contributed by atoms with Crippen molar-refractivity contribution < 1.29 is 13.8 Å². The lowest BCUT2D eigenvalue weighted by Crippen LogP contribution is -2.50. The van der Waals surface area contributed by atoms with Crippen molar-refractivity contribution >= 4 is 22.6 Å². The van der Waals surface area contributed by atoms with Gasteiger partial charge in [-0.25, -0.2) is 0 Å². The fourth-order valence-electron chi connectivity index (χ4n) is 2.78. The Morgan fingerprint density at radius 3 is 2.74 bits per heavy atom. The average Bonchev–Trinajstić information content (AvgIpc) is 2.51. The molecule has 2 amide bonds. The number of fused-ring (bicyclic) bond motifs is 1. The Morgan fingerprint density at radius 1 is 1.32 bits per heavy atom. The minimum absolute atomic E-state index is 0.0443. The van der Waals surface area contributed by atoms with Crippen LogP contribution in [0.4, 0.5) is 0 Å². The Balaban J connectivity index is 2.11. The molecule has 6 heteroatoms. The van der Waals surface area contributed by atoms with E-state index in [1.165, 1.54) is 0 Å². The van der Waals surface area contributed by atoms with Crippen LogP contribution in [0.15, 0.2) is 0 Å². The van der Waals surface area contributed by atoms with E-state index in [-0.39, 0.29) is 23.1 Å². The van der Waals surface area contributed by atoms with Gasteiger partial charge in [0, 0.05) is 48.4 Å². The third-order valence-corrected chi connectivity index (χ3v) is 5.34. The van der Waals surface area contributed by atoms with Crippen molar-refractivity contribution in [2.24, 2.45) is 0 Å². The van der Waals surface area contributed by atoms with Crippen LogP contribution in [0, 0.1) is 0 Å². The van der Waals surface area contributed by atoms with Gasteiger partial charge in [-0.15, -0.1) is 0 Å². The maximum Gasteiger partial charge on any atom is 0.245 e. The lowest BCUT2D eigenvalue weighted by molar-refractivity contribution is -0.143. The van der Waals surface area contributed by atoms with Gasteiger partial charge in [0.15, 0.2) is 0 Å². The Labute approximate surface area is 116 Å². The molecule has 0 aromatic carbocycles. The number of amides is 2. The van der Waals surface area contributed by atoms with Crippen molar-refractivity contribution in [1.82, 2.24) is 9.80 Å². The van der Waals surface area contributed by atoms with Crippen molar-refractivity contribution in [3.8, 4) is 0 Å². The summed E-state index contributed by atoms with van der Waals surface area (Å²) in [4.78, 5) is 28.0. The van der Waals surface area contributed by atoms with E-state index in [1.54, 1.807) is 16.1 Å². The summed E-state index contributed by atoms with van der Waals surface area (Å²) >= 11 is 0. The zero-order valence-electron chi connectivity index (χ0n) is 11.6. The van der Waals surface area contributed by atoms with Crippen LogP contribution in [0.5, 0.6) is 0 Å². The Kier molecular flexibility index (Phi) is 4.60. The molecular weight excluding hydrogens is 264 g/mol. The van der Waals surface area contributed by atoms with E-state index in [2.05, 4.69) is 0 Å². The van der Waals surface area contributed by atoms with Crippen LogP contribution in [-0.4, -0.2) is 63.0 Å². The smallest absolute Gasteiger partial charge is 0.245 e. The molecule has 0 N–H and O–H groups in total. The lowest BCUT2D eigenvalue weighted by Gasteiger charge is -2.34. The third kappa shape index (κ3) is 3.16. The average molecular weight is 286 g/mol. The van der Waals surface area contributed by atoms with E-state index in [0.717, 1.165) is 19.3 Å². The zero-order valence-corrected chi connectivity index (χ0v) is 12.4. The second-order valence-electron chi connectivity index (χ2n) is 5.44. The van der Waals surface area contributed by atoms with Crippen molar-refractivity contribution in [3.05, 3.63) is 0 Å². The summed E-state index contributed by atoms with van der Waals surface area (Å²) in [5, 5.41) is -0.0470. The molecule has 0 aromatic rings. The highest BCUT2D eigenvalue weighted by atomic mass is 32.2. The summed E-state index contributed by atoms with van der Waals surface area (Å²) in [7, 11) is -0.944. The van der Waals surface area contributed by atoms with Crippen molar-refractivity contribution in [2.45, 2.75) is 43.9 Å². The first-order chi connectivity index (χ1) is 9.00. The van der Waals surface area contributed by atoms with Gasteiger partial charge in [-0.3, -0.25) is 13.8 Å². The molecular formula is C13H22N2O3S. The standard InChI is InChI=1S/C13H22N2O3S/c1-10(19(2)18)9-14-8-6-12(16)15-7-4-3-5-11(15)13(14)17/h10-11H,3-9H2,1-2H3. The molecule has 0 aliphatic carbocycles. The molecule has 3 unspecified atom stereocenters. The molecule has 108 valence electrons. The molecule has 2 aliphatic heterocycles. The molecule has 0 saturated carbocycles. The lowest BCUT2D eigenvalue weighted by atomic mass is 10.0. The highest BCUT2D eigenvalue weighted by molar-refractivity contribution is 7.84. The minimum Gasteiger partial charge on any atom is -0.339 e. The summed E-state index contributed by atoms with van der Waals surface area (Å²) in [6, 6.07) is -0.277. The predicted octanol–water partition coefficient (Wildman–Crippen LogP) is 0.367. The molecule has 3 atom stereocenters. The first-order valence-corrected chi connectivity index (χ1v) is 8.53. The van der Waals surface area contributed by atoms with E-state index in [1.807, 2.05) is 6.92 Å². The summed E-state index contributed by atoms with van der Waals surface area (Å²) in [5.41, 5.74) is 0. The van der Waals surface area contributed by atoms with Gasteiger partial charge in [-0.05, 0) is 26.2 Å². The molecule has 2 fully saturated rings. The highest BCUT2D eigenvalue weighted by Gasteiger charge is 2.37. The first-order valence-electron chi connectivity index (χ1n) is 6.91. The summed E-state index contributed by atoms with van der Waals surface area (Å²) in [5.74, 6) is 0.133. The number of hydrogen-bond acceptors (Lipinski definition) is 3. The van der Waals surface area contributed by atoms with Crippen LogP contribution in [-0.2, 0) is 20.4 Å². The number of rotatable bonds is 3. The largest absolute Gasteiger partial charge is 0.339 e. The minimum atomic E-state index is -0.944. The number of nitrogens with zero attached hydrogens (tertiary/aromatic N) is 2. The normalized spacial score (nSPS) is 27.8. The van der Waals surface area contributed by atoms with E-state index < -0.39 is 10.8 Å². The quantitative estimate of drug-likeness (QED) is 0.753. The second-order valence-corrected chi connectivity index (χ2v) is 7.24. The molecule has 0 bridgehead atoms. The van der Waals surface area contributed by atoms with Crippen LogP contribution in [0.1, 0.15) is 32.6 Å². The van der Waals surface area contributed by atoms with Crippen LogP contribution in [0.3, 0.4) is 0 Å². The summed E-state index contributed by atoms with van der Waals surface area (Å²) < 4.78 is 11.5. The number of carbonyl (C=O) groups is 2. The van der Waals surface area contributed by atoms with Gasteiger partial charge in [-0.2, -0.15) is 0 Å². The maximum absolute atomic E-state index is 12.5. The van der Waals surface area contributed by atoms with Crippen LogP contribution < -0.4 is 0 Å². The van der Waals surface area contributed by atoms with Gasteiger partial charge in [0.05, 0.1) is 0 Å². The fraction of sp³-hybridized carbons (Fsp3) is 0.846. The van der Waals surface area contributed by atoms with E-state index in [0.29, 0.717) is 26.1 Å². The molecule has 2 saturated heterocycles. The van der Waals surface area contributed by atoms with Crippen LogP contribution in [0.25, 0.3) is 0 Å². The first kappa shape index (κ1) is 14.5. The van der Waals surface area contributed by atoms with Gasteiger partial charge < -0.3 is 9.80 Å². The fourth-order valence-corrected chi connectivity index (χ4v) is 3.17. The summed E-state index contributed by atoms with van der Waals surface area (Å²) in [6.07, 6.45) is 4.81. The van der Waals surface area contributed by atoms with Gasteiger partial charge in [0.1, 0.15) is 6.04 Å². The highest BCUT2D eigenvalue weighted by Crippen LogP contribution is 2.23. The van der Waals surface area contributed by atoms with Crippen LogP contribution in [0.2, 0.25) is 0 Å². The third-order valence-electron chi connectivity index (χ3n) is 4.06. The van der Waals surface area contributed by atoms with Crippen LogP contribution >= 0.6 is 0 Å². The van der Waals surface area contributed by atoms with Gasteiger partial charge in [0.25, 0.3) is 0 Å².